The molecule has 0 aliphatic carbocycles. The third-order valence-electron chi connectivity index (χ3n) is 4.82. The van der Waals surface area contributed by atoms with Crippen molar-refractivity contribution < 1.29 is 18.3 Å². The van der Waals surface area contributed by atoms with Crippen LogP contribution in [-0.2, 0) is 16.6 Å². The van der Waals surface area contributed by atoms with E-state index in [4.69, 9.17) is 20.0 Å². The molecule has 0 aliphatic rings. The van der Waals surface area contributed by atoms with Crippen LogP contribution in [0.2, 0.25) is 0 Å². The summed E-state index contributed by atoms with van der Waals surface area (Å²) in [6, 6.07) is 22.3. The molecule has 3 N–H and O–H groups in total. The summed E-state index contributed by atoms with van der Waals surface area (Å²) in [6.07, 6.45) is -0.167. The third-order valence-corrected chi connectivity index (χ3v) is 7.23. The Bertz CT molecular complexity index is 1470. The van der Waals surface area contributed by atoms with E-state index >= 15 is 0 Å². The van der Waals surface area contributed by atoms with E-state index in [1.165, 1.54) is 12.1 Å². The second-order valence-electron chi connectivity index (χ2n) is 8.07. The average Bonchev–Trinajstić information content (AvgIpc) is 3.21. The summed E-state index contributed by atoms with van der Waals surface area (Å²) in [7, 11) is -2.10. The minimum atomic E-state index is -3.73. The van der Waals surface area contributed by atoms with Crippen LogP contribution in [0.15, 0.2) is 92.5 Å². The Morgan fingerprint density at radius 3 is 2.24 bits per heavy atom. The number of ether oxygens (including phenoxy) is 1. The summed E-state index contributed by atoms with van der Waals surface area (Å²) in [5.74, 6) is 0.753. The Hall–Kier alpha value is -2.28. The predicted octanol–water partition coefficient (Wildman–Crippen LogP) is 5.88. The Labute approximate surface area is 240 Å². The molecule has 1 aromatic heterocycles. The number of aliphatic hydroxyl groups excluding tert-OH is 1. The third kappa shape index (κ3) is 8.91. The molecule has 0 radical (unpaired) electrons. The number of aromatic nitrogens is 1. The van der Waals surface area contributed by atoms with Gasteiger partial charge in [-0.15, -0.1) is 28.3 Å². The summed E-state index contributed by atoms with van der Waals surface area (Å²) in [6.45, 7) is 3.96. The number of nitrogens with zero attached hydrogens (tertiary/aromatic N) is 2. The maximum Gasteiger partial charge on any atom is 0.238 e. The van der Waals surface area contributed by atoms with Crippen molar-refractivity contribution in [1.82, 2.24) is 4.57 Å². The van der Waals surface area contributed by atoms with Crippen molar-refractivity contribution in [3.63, 3.8) is 0 Å². The molecule has 0 atom stereocenters. The Morgan fingerprint density at radius 1 is 1.08 bits per heavy atom. The normalized spacial score (nSPS) is 11.5. The molecule has 0 saturated carbocycles. The molecule has 0 bridgehead atoms. The Kier molecular flexibility index (Phi) is 11.7. The molecule has 4 aromatic rings. The van der Waals surface area contributed by atoms with Crippen molar-refractivity contribution in [1.29, 1.82) is 0 Å². The minimum absolute atomic E-state index is 0. The molecule has 198 valence electrons. The van der Waals surface area contributed by atoms with Crippen LogP contribution in [0.25, 0.3) is 11.3 Å². The van der Waals surface area contributed by atoms with Gasteiger partial charge in [-0.1, -0.05) is 30.3 Å². The van der Waals surface area contributed by atoms with E-state index in [0.29, 0.717) is 6.54 Å². The quantitative estimate of drug-likeness (QED) is 0.267. The van der Waals surface area contributed by atoms with E-state index in [2.05, 4.69) is 25.9 Å². The molecule has 37 heavy (non-hydrogen) atoms. The second kappa shape index (κ2) is 14.0. The van der Waals surface area contributed by atoms with Crippen molar-refractivity contribution in [3.05, 3.63) is 93.0 Å². The zero-order valence-corrected chi connectivity index (χ0v) is 25.5. The highest BCUT2D eigenvalue weighted by Crippen LogP contribution is 2.31. The fourth-order valence-electron chi connectivity index (χ4n) is 3.21. The van der Waals surface area contributed by atoms with Gasteiger partial charge in [-0.25, -0.2) is 18.5 Å². The van der Waals surface area contributed by atoms with Gasteiger partial charge in [0.1, 0.15) is 5.75 Å². The molecular formula is C26H29Br2N3O4S2. The molecule has 11 heteroatoms. The number of hydrogen-bond donors (Lipinski definition) is 2. The van der Waals surface area contributed by atoms with E-state index in [9.17, 15) is 8.42 Å². The lowest BCUT2D eigenvalue weighted by atomic mass is 10.1. The standard InChI is InChI=1S/C23H20BrN3O3S2.C3H8O.BrH/c1-30-22-12-9-17(13-20(22)24)21-15-31-23(26-18-5-3-2-4-6-18)27(21)14-16-7-10-19(11-8-16)32(25,28)29;1-3(2)4;/h2-13,15H,14H2,1H3,(H2,25,28,29);3-4H,1-2H3;1H. The van der Waals surface area contributed by atoms with Crippen molar-refractivity contribution >= 4 is 60.0 Å². The van der Waals surface area contributed by atoms with E-state index < -0.39 is 10.0 Å². The van der Waals surface area contributed by atoms with Crippen LogP contribution in [-0.4, -0.2) is 31.3 Å². The number of primary sulfonamides is 1. The van der Waals surface area contributed by atoms with Crippen molar-refractivity contribution in [2.45, 2.75) is 31.4 Å². The van der Waals surface area contributed by atoms with Gasteiger partial charge in [-0.05, 0) is 77.8 Å². The van der Waals surface area contributed by atoms with E-state index in [1.807, 2.05) is 48.5 Å². The van der Waals surface area contributed by atoms with Crippen LogP contribution < -0.4 is 14.7 Å². The fourth-order valence-corrected chi connectivity index (χ4v) is 5.19. The maximum absolute atomic E-state index is 11.6. The number of thiazole rings is 1. The monoisotopic (exact) mass is 669 g/mol. The smallest absolute Gasteiger partial charge is 0.238 e. The van der Waals surface area contributed by atoms with Crippen LogP contribution in [0, 0.1) is 0 Å². The number of benzene rings is 3. The van der Waals surface area contributed by atoms with Gasteiger partial charge < -0.3 is 14.4 Å². The number of methoxy groups -OCH3 is 1. The molecule has 0 fully saturated rings. The lowest BCUT2D eigenvalue weighted by molar-refractivity contribution is 0.216. The van der Waals surface area contributed by atoms with Crippen LogP contribution in [0.1, 0.15) is 19.4 Å². The summed E-state index contributed by atoms with van der Waals surface area (Å²) < 4.78 is 31.5. The molecule has 7 nitrogen and oxygen atoms in total. The first-order chi connectivity index (χ1) is 17.1. The first-order valence-electron chi connectivity index (χ1n) is 11.0. The Morgan fingerprint density at radius 2 is 1.70 bits per heavy atom. The highest BCUT2D eigenvalue weighted by molar-refractivity contribution is 9.10. The molecule has 3 aromatic carbocycles. The highest BCUT2D eigenvalue weighted by atomic mass is 79.9. The van der Waals surface area contributed by atoms with Crippen LogP contribution in [0.4, 0.5) is 5.69 Å². The van der Waals surface area contributed by atoms with Crippen LogP contribution in [0.3, 0.4) is 0 Å². The van der Waals surface area contributed by atoms with Crippen molar-refractivity contribution in [3.8, 4) is 17.0 Å². The predicted molar refractivity (Wildman–Crippen MR) is 158 cm³/mol. The van der Waals surface area contributed by atoms with Gasteiger partial charge in [0.2, 0.25) is 10.0 Å². The number of para-hydroxylation sites is 1. The van der Waals surface area contributed by atoms with Crippen LogP contribution >= 0.6 is 44.2 Å². The topological polar surface area (TPSA) is 107 Å². The lowest BCUT2D eigenvalue weighted by Gasteiger charge is -2.11. The van der Waals surface area contributed by atoms with Gasteiger partial charge in [0.25, 0.3) is 0 Å². The first kappa shape index (κ1) is 30.9. The minimum Gasteiger partial charge on any atom is -0.496 e. The first-order valence-corrected chi connectivity index (χ1v) is 14.2. The zero-order valence-electron chi connectivity index (χ0n) is 20.5. The molecular weight excluding hydrogens is 642 g/mol. The summed E-state index contributed by atoms with van der Waals surface area (Å²) in [5.41, 5.74) is 3.78. The van der Waals surface area contributed by atoms with Gasteiger partial charge in [0.15, 0.2) is 4.80 Å². The van der Waals surface area contributed by atoms with E-state index in [1.54, 1.807) is 44.4 Å². The zero-order chi connectivity index (χ0) is 26.3. The molecule has 0 amide bonds. The highest BCUT2D eigenvalue weighted by Gasteiger charge is 2.12. The van der Waals surface area contributed by atoms with Gasteiger partial charge in [-0.2, -0.15) is 0 Å². The molecule has 1 heterocycles. The molecule has 0 unspecified atom stereocenters. The van der Waals surface area contributed by atoms with Gasteiger partial charge in [-0.3, -0.25) is 0 Å². The number of hydrogen-bond acceptors (Lipinski definition) is 6. The number of halogens is 2. The average molecular weight is 671 g/mol. The second-order valence-corrected chi connectivity index (χ2v) is 11.3. The molecule has 0 saturated heterocycles. The van der Waals surface area contributed by atoms with Gasteiger partial charge in [0, 0.05) is 17.0 Å². The fraction of sp³-hybridized carbons (Fsp3) is 0.192. The largest absolute Gasteiger partial charge is 0.496 e. The number of rotatable bonds is 6. The molecule has 0 aliphatic heterocycles. The maximum atomic E-state index is 11.6. The van der Waals surface area contributed by atoms with E-state index in [-0.39, 0.29) is 28.0 Å². The Balaban J connectivity index is 0.000000898. The summed E-state index contributed by atoms with van der Waals surface area (Å²) in [4.78, 5) is 5.74. The number of aliphatic hydroxyl groups is 1. The van der Waals surface area contributed by atoms with Crippen molar-refractivity contribution in [2.75, 3.05) is 7.11 Å². The number of sulfonamides is 1. The SMILES string of the molecule is Br.CC(C)O.COc1ccc(-c2csc(=Nc3ccccc3)n2Cc2ccc(S(N)(=O)=O)cc2)cc1Br. The summed E-state index contributed by atoms with van der Waals surface area (Å²) >= 11 is 5.10. The molecule has 4 rings (SSSR count). The van der Waals surface area contributed by atoms with E-state index in [0.717, 1.165) is 37.5 Å². The summed E-state index contributed by atoms with van der Waals surface area (Å²) in [5, 5.41) is 15.3. The lowest BCUT2D eigenvalue weighted by Crippen LogP contribution is -2.17. The van der Waals surface area contributed by atoms with Crippen molar-refractivity contribution in [2.24, 2.45) is 10.1 Å². The van der Waals surface area contributed by atoms with Crippen LogP contribution in [0.5, 0.6) is 5.75 Å². The van der Waals surface area contributed by atoms with Gasteiger partial charge in [0.05, 0.1) is 34.4 Å². The number of nitrogens with two attached hydrogens (primary N) is 1. The van der Waals surface area contributed by atoms with Gasteiger partial charge >= 0.3 is 0 Å². The molecule has 0 spiro atoms.